The fraction of sp³-hybridized carbons (Fsp3) is 0.421. The molecule has 0 aliphatic carbocycles. The van der Waals surface area contributed by atoms with Crippen LogP contribution in [0.15, 0.2) is 30.3 Å². The van der Waals surface area contributed by atoms with Gasteiger partial charge >= 0.3 is 0 Å². The summed E-state index contributed by atoms with van der Waals surface area (Å²) in [6, 6.07) is 8.31. The Balaban J connectivity index is 0.00000196. The Kier molecular flexibility index (Phi) is 5.97. The Hall–Kier alpha value is -1.47. The number of amides is 1. The van der Waals surface area contributed by atoms with Crippen LogP contribution in [0.25, 0.3) is 0 Å². The van der Waals surface area contributed by atoms with Crippen LogP contribution in [0.4, 0.5) is 4.39 Å². The molecule has 4 rings (SSSR count). The zero-order chi connectivity index (χ0) is 17.3. The summed E-state index contributed by atoms with van der Waals surface area (Å²) in [6.45, 7) is 2.93. The number of ether oxygens (including phenoxy) is 1. The average molecular weight is 397 g/mol. The van der Waals surface area contributed by atoms with Crippen molar-refractivity contribution in [1.29, 1.82) is 0 Å². The van der Waals surface area contributed by atoms with Gasteiger partial charge in [0.2, 0.25) is 0 Å². The molecule has 0 unspecified atom stereocenters. The summed E-state index contributed by atoms with van der Waals surface area (Å²) >= 11 is 1.56. The Bertz CT molecular complexity index is 790. The number of carbonyl (C=O) groups excluding carboxylic acids is 1. The van der Waals surface area contributed by atoms with Crippen LogP contribution in [0, 0.1) is 5.82 Å². The fourth-order valence-corrected chi connectivity index (χ4v) is 4.84. The molecule has 1 saturated heterocycles. The van der Waals surface area contributed by atoms with Crippen molar-refractivity contribution in [3.05, 3.63) is 57.0 Å². The topological polar surface area (TPSA) is 50.4 Å². The first-order valence-corrected chi connectivity index (χ1v) is 9.48. The van der Waals surface area contributed by atoms with E-state index in [0.717, 1.165) is 44.5 Å². The molecule has 1 aromatic carbocycles. The van der Waals surface area contributed by atoms with Crippen molar-refractivity contribution in [1.82, 2.24) is 10.6 Å². The summed E-state index contributed by atoms with van der Waals surface area (Å²) in [6.07, 6.45) is 2.76. The van der Waals surface area contributed by atoms with E-state index < -0.39 is 0 Å². The third-order valence-electron chi connectivity index (χ3n) is 4.98. The van der Waals surface area contributed by atoms with E-state index in [1.54, 1.807) is 23.5 Å². The molecule has 0 atom stereocenters. The lowest BCUT2D eigenvalue weighted by Gasteiger charge is -2.40. The van der Waals surface area contributed by atoms with Crippen molar-refractivity contribution in [3.63, 3.8) is 0 Å². The quantitative estimate of drug-likeness (QED) is 0.836. The van der Waals surface area contributed by atoms with Gasteiger partial charge in [0.1, 0.15) is 5.82 Å². The number of carbonyl (C=O) groups is 1. The lowest BCUT2D eigenvalue weighted by Crippen LogP contribution is -2.44. The number of piperidine rings is 1. The highest BCUT2D eigenvalue weighted by molar-refractivity contribution is 7.14. The Morgan fingerprint density at radius 1 is 1.31 bits per heavy atom. The van der Waals surface area contributed by atoms with E-state index in [0.29, 0.717) is 11.4 Å². The smallest absolute Gasteiger partial charge is 0.261 e. The van der Waals surface area contributed by atoms with Crippen LogP contribution >= 0.6 is 23.7 Å². The predicted octanol–water partition coefficient (Wildman–Crippen LogP) is 3.39. The molecule has 1 spiro atoms. The van der Waals surface area contributed by atoms with Crippen LogP contribution in [0.1, 0.15) is 38.5 Å². The van der Waals surface area contributed by atoms with E-state index in [1.165, 1.54) is 22.6 Å². The minimum atomic E-state index is -0.289. The van der Waals surface area contributed by atoms with Gasteiger partial charge in [-0.15, -0.1) is 23.7 Å². The third kappa shape index (κ3) is 3.78. The van der Waals surface area contributed by atoms with Crippen molar-refractivity contribution in [3.8, 4) is 0 Å². The van der Waals surface area contributed by atoms with Gasteiger partial charge in [-0.1, -0.05) is 12.1 Å². The maximum atomic E-state index is 13.2. The van der Waals surface area contributed by atoms with Gasteiger partial charge in [0.15, 0.2) is 0 Å². The van der Waals surface area contributed by atoms with Gasteiger partial charge in [-0.05, 0) is 55.3 Å². The first kappa shape index (κ1) is 19.3. The molecule has 140 valence electrons. The van der Waals surface area contributed by atoms with E-state index in [4.69, 9.17) is 4.74 Å². The average Bonchev–Trinajstić information content (AvgIpc) is 3.07. The summed E-state index contributed by atoms with van der Waals surface area (Å²) in [5.41, 5.74) is 1.73. The monoisotopic (exact) mass is 396 g/mol. The lowest BCUT2D eigenvalue weighted by atomic mass is 9.83. The highest BCUT2D eigenvalue weighted by Crippen LogP contribution is 2.43. The molecule has 26 heavy (non-hydrogen) atoms. The van der Waals surface area contributed by atoms with Gasteiger partial charge in [0, 0.05) is 17.8 Å². The van der Waals surface area contributed by atoms with E-state index in [2.05, 4.69) is 10.6 Å². The summed E-state index contributed by atoms with van der Waals surface area (Å²) in [5, 5.41) is 6.27. The van der Waals surface area contributed by atoms with E-state index in [-0.39, 0.29) is 29.7 Å². The van der Waals surface area contributed by atoms with E-state index >= 15 is 0 Å². The second kappa shape index (κ2) is 8.05. The first-order valence-electron chi connectivity index (χ1n) is 8.67. The molecule has 0 saturated carbocycles. The number of hydrogen-bond donors (Lipinski definition) is 2. The molecule has 0 radical (unpaired) electrons. The molecule has 2 aliphatic heterocycles. The summed E-state index contributed by atoms with van der Waals surface area (Å²) in [4.78, 5) is 14.5. The molecular formula is C19H22ClFN2O2S. The summed E-state index contributed by atoms with van der Waals surface area (Å²) in [5.74, 6) is -0.393. The number of nitrogens with one attached hydrogen (secondary N) is 2. The first-order chi connectivity index (χ1) is 12.2. The zero-order valence-corrected chi connectivity index (χ0v) is 16.0. The van der Waals surface area contributed by atoms with Crippen molar-refractivity contribution in [2.45, 2.75) is 31.4 Å². The molecule has 3 heterocycles. The molecule has 2 N–H and O–H groups in total. The van der Waals surface area contributed by atoms with Gasteiger partial charge in [0.05, 0.1) is 17.1 Å². The maximum Gasteiger partial charge on any atom is 0.261 e. The standard InChI is InChI=1S/C19H21FN2O2S.ClH/c20-14-3-1-2-13(10-14)12-22-18(23)17-11-15-16(25-17)4-9-24-19(15)5-7-21-8-6-19;/h1-3,10-11,21H,4-9,12H2,(H,22,23);1H. The van der Waals surface area contributed by atoms with Crippen LogP contribution < -0.4 is 10.6 Å². The number of fused-ring (bicyclic) bond motifs is 2. The second-order valence-electron chi connectivity index (χ2n) is 6.60. The van der Waals surface area contributed by atoms with Crippen LogP contribution in [0.5, 0.6) is 0 Å². The van der Waals surface area contributed by atoms with Crippen LogP contribution in [-0.4, -0.2) is 25.6 Å². The molecule has 2 aliphatic rings. The van der Waals surface area contributed by atoms with Gasteiger partial charge < -0.3 is 15.4 Å². The zero-order valence-electron chi connectivity index (χ0n) is 14.3. The van der Waals surface area contributed by atoms with Crippen molar-refractivity contribution in [2.75, 3.05) is 19.7 Å². The normalized spacial score (nSPS) is 18.0. The number of halogens is 2. The van der Waals surface area contributed by atoms with Crippen molar-refractivity contribution >= 4 is 29.7 Å². The maximum absolute atomic E-state index is 13.2. The molecule has 4 nitrogen and oxygen atoms in total. The Morgan fingerprint density at radius 3 is 2.88 bits per heavy atom. The van der Waals surface area contributed by atoms with Crippen molar-refractivity contribution < 1.29 is 13.9 Å². The second-order valence-corrected chi connectivity index (χ2v) is 7.74. The highest BCUT2D eigenvalue weighted by Gasteiger charge is 2.40. The third-order valence-corrected chi connectivity index (χ3v) is 6.18. The summed E-state index contributed by atoms with van der Waals surface area (Å²) < 4.78 is 19.4. The fourth-order valence-electron chi connectivity index (χ4n) is 3.69. The molecule has 1 aromatic heterocycles. The largest absolute Gasteiger partial charge is 0.370 e. The van der Waals surface area contributed by atoms with Gasteiger partial charge in [-0.2, -0.15) is 0 Å². The molecule has 0 bridgehead atoms. The summed E-state index contributed by atoms with van der Waals surface area (Å²) in [7, 11) is 0. The predicted molar refractivity (Wildman–Crippen MR) is 103 cm³/mol. The SMILES string of the molecule is Cl.O=C(NCc1cccc(F)c1)c1cc2c(s1)CCOC21CCNCC1. The molecule has 2 aromatic rings. The molecule has 7 heteroatoms. The minimum absolute atomic E-state index is 0. The Labute approximate surface area is 162 Å². The number of hydrogen-bond acceptors (Lipinski definition) is 4. The van der Waals surface area contributed by atoms with Crippen LogP contribution in [-0.2, 0) is 23.3 Å². The molecule has 1 fully saturated rings. The Morgan fingerprint density at radius 2 is 2.12 bits per heavy atom. The molecular weight excluding hydrogens is 375 g/mol. The van der Waals surface area contributed by atoms with Crippen molar-refractivity contribution in [2.24, 2.45) is 0 Å². The lowest BCUT2D eigenvalue weighted by molar-refractivity contribution is -0.0792. The van der Waals surface area contributed by atoms with Crippen LogP contribution in [0.3, 0.4) is 0 Å². The number of rotatable bonds is 3. The van der Waals surface area contributed by atoms with Gasteiger partial charge in [-0.3, -0.25) is 4.79 Å². The van der Waals surface area contributed by atoms with Gasteiger partial charge in [-0.25, -0.2) is 4.39 Å². The number of thiophene rings is 1. The van der Waals surface area contributed by atoms with E-state index in [9.17, 15) is 9.18 Å². The van der Waals surface area contributed by atoms with Gasteiger partial charge in [0.25, 0.3) is 5.91 Å². The number of benzene rings is 1. The minimum Gasteiger partial charge on any atom is -0.370 e. The van der Waals surface area contributed by atoms with E-state index in [1.807, 2.05) is 6.07 Å². The highest BCUT2D eigenvalue weighted by atomic mass is 35.5. The van der Waals surface area contributed by atoms with Crippen LogP contribution in [0.2, 0.25) is 0 Å². The molecule has 1 amide bonds.